The summed E-state index contributed by atoms with van der Waals surface area (Å²) in [6, 6.07) is 6.40. The number of rotatable bonds is 4. The SMILES string of the molecule is COC(=O)c1ccc([N+](=O)[O-])c(N2CCN(c3ncnc4sc(C)cc34)CC2)c1. The fourth-order valence-corrected chi connectivity index (χ4v) is 4.39. The number of aromatic nitrogens is 2. The largest absolute Gasteiger partial charge is 0.465 e. The molecule has 150 valence electrons. The third-order valence-corrected chi connectivity index (χ3v) is 5.90. The predicted molar refractivity (Wildman–Crippen MR) is 111 cm³/mol. The molecule has 3 aromatic rings. The van der Waals surface area contributed by atoms with E-state index in [1.54, 1.807) is 17.7 Å². The minimum absolute atomic E-state index is 0.0241. The van der Waals surface area contributed by atoms with Crippen LogP contribution in [0.4, 0.5) is 17.2 Å². The van der Waals surface area contributed by atoms with Gasteiger partial charge in [0.05, 0.1) is 23.0 Å². The average Bonchev–Trinajstić information content (AvgIpc) is 3.13. The van der Waals surface area contributed by atoms with E-state index >= 15 is 0 Å². The van der Waals surface area contributed by atoms with Gasteiger partial charge in [-0.05, 0) is 25.1 Å². The molecule has 1 aliphatic heterocycles. The zero-order valence-corrected chi connectivity index (χ0v) is 16.8. The van der Waals surface area contributed by atoms with Gasteiger partial charge >= 0.3 is 5.97 Å². The molecule has 1 aromatic carbocycles. The van der Waals surface area contributed by atoms with Crippen molar-refractivity contribution in [1.29, 1.82) is 0 Å². The zero-order valence-electron chi connectivity index (χ0n) is 16.0. The van der Waals surface area contributed by atoms with Crippen LogP contribution in [0.15, 0.2) is 30.6 Å². The number of carbonyl (C=O) groups excluding carboxylic acids is 1. The van der Waals surface area contributed by atoms with Crippen LogP contribution in [-0.2, 0) is 4.74 Å². The van der Waals surface area contributed by atoms with Crippen molar-refractivity contribution in [1.82, 2.24) is 9.97 Å². The Morgan fingerprint density at radius 1 is 1.17 bits per heavy atom. The van der Waals surface area contributed by atoms with Crippen molar-refractivity contribution in [2.75, 3.05) is 43.1 Å². The highest BCUT2D eigenvalue weighted by atomic mass is 32.1. The molecule has 0 atom stereocenters. The predicted octanol–water partition coefficient (Wildman–Crippen LogP) is 3.02. The molecule has 1 aliphatic rings. The van der Waals surface area contributed by atoms with Gasteiger partial charge in [-0.3, -0.25) is 10.1 Å². The summed E-state index contributed by atoms with van der Waals surface area (Å²) in [7, 11) is 1.29. The van der Waals surface area contributed by atoms with E-state index in [9.17, 15) is 14.9 Å². The number of piperazine rings is 1. The van der Waals surface area contributed by atoms with Crippen LogP contribution < -0.4 is 9.80 Å². The van der Waals surface area contributed by atoms with Gasteiger partial charge < -0.3 is 14.5 Å². The zero-order chi connectivity index (χ0) is 20.5. The number of anilines is 2. The highest BCUT2D eigenvalue weighted by Gasteiger charge is 2.26. The molecule has 10 heteroatoms. The maximum absolute atomic E-state index is 11.9. The normalized spacial score (nSPS) is 14.3. The van der Waals surface area contributed by atoms with Gasteiger partial charge in [0, 0.05) is 37.1 Å². The van der Waals surface area contributed by atoms with Crippen LogP contribution in [0.1, 0.15) is 15.2 Å². The minimum Gasteiger partial charge on any atom is -0.465 e. The van der Waals surface area contributed by atoms with Crippen LogP contribution in [0.2, 0.25) is 0 Å². The van der Waals surface area contributed by atoms with Crippen molar-refractivity contribution in [3.63, 3.8) is 0 Å². The fraction of sp³-hybridized carbons (Fsp3) is 0.316. The first kappa shape index (κ1) is 19.1. The highest BCUT2D eigenvalue weighted by molar-refractivity contribution is 7.18. The second-order valence-corrected chi connectivity index (χ2v) is 7.93. The lowest BCUT2D eigenvalue weighted by molar-refractivity contribution is -0.384. The number of nitrogens with zero attached hydrogens (tertiary/aromatic N) is 5. The van der Waals surface area contributed by atoms with Crippen molar-refractivity contribution in [3.05, 3.63) is 51.1 Å². The van der Waals surface area contributed by atoms with Gasteiger partial charge in [-0.15, -0.1) is 11.3 Å². The highest BCUT2D eigenvalue weighted by Crippen LogP contribution is 2.33. The van der Waals surface area contributed by atoms with Crippen LogP contribution in [0.5, 0.6) is 0 Å². The van der Waals surface area contributed by atoms with Gasteiger partial charge in [-0.1, -0.05) is 0 Å². The number of carbonyl (C=O) groups is 1. The number of hydrogen-bond donors (Lipinski definition) is 0. The summed E-state index contributed by atoms with van der Waals surface area (Å²) in [6.45, 7) is 4.49. The third-order valence-electron chi connectivity index (χ3n) is 4.94. The van der Waals surface area contributed by atoms with Gasteiger partial charge in [-0.25, -0.2) is 14.8 Å². The van der Waals surface area contributed by atoms with Crippen molar-refractivity contribution in [3.8, 4) is 0 Å². The molecule has 3 heterocycles. The molecule has 2 aromatic heterocycles. The van der Waals surface area contributed by atoms with Gasteiger partial charge in [0.25, 0.3) is 5.69 Å². The number of methoxy groups -OCH3 is 1. The standard InChI is InChI=1S/C19H19N5O4S/c1-12-9-14-17(20-11-21-18(14)29-12)23-7-5-22(6-8-23)16-10-13(19(25)28-2)3-4-15(16)24(26)27/h3-4,9-11H,5-8H2,1-2H3. The van der Waals surface area contributed by atoms with E-state index in [1.165, 1.54) is 30.2 Å². The Hall–Kier alpha value is -3.27. The van der Waals surface area contributed by atoms with Crippen molar-refractivity contribution < 1.29 is 14.5 Å². The van der Waals surface area contributed by atoms with E-state index in [-0.39, 0.29) is 5.69 Å². The van der Waals surface area contributed by atoms with Gasteiger partial charge in [0.1, 0.15) is 22.7 Å². The molecule has 0 spiro atoms. The Kier molecular flexibility index (Phi) is 5.01. The van der Waals surface area contributed by atoms with Gasteiger partial charge in [0.15, 0.2) is 0 Å². The van der Waals surface area contributed by atoms with E-state index in [2.05, 4.69) is 20.9 Å². The summed E-state index contributed by atoms with van der Waals surface area (Å²) in [5.41, 5.74) is 0.697. The van der Waals surface area contributed by atoms with Crippen LogP contribution in [0.25, 0.3) is 10.2 Å². The Morgan fingerprint density at radius 3 is 2.59 bits per heavy atom. The van der Waals surface area contributed by atoms with Crippen LogP contribution in [0, 0.1) is 17.0 Å². The average molecular weight is 413 g/mol. The molecule has 4 rings (SSSR count). The summed E-state index contributed by atoms with van der Waals surface area (Å²) < 4.78 is 4.75. The molecule has 0 N–H and O–H groups in total. The summed E-state index contributed by atoms with van der Waals surface area (Å²) in [6.07, 6.45) is 1.57. The number of nitro groups is 1. The smallest absolute Gasteiger partial charge is 0.337 e. The van der Waals surface area contributed by atoms with Gasteiger partial charge in [0.2, 0.25) is 0 Å². The summed E-state index contributed by atoms with van der Waals surface area (Å²) in [4.78, 5) is 38.0. The lowest BCUT2D eigenvalue weighted by Crippen LogP contribution is -2.47. The lowest BCUT2D eigenvalue weighted by atomic mass is 10.1. The number of fused-ring (bicyclic) bond motifs is 1. The second kappa shape index (κ2) is 7.63. The van der Waals surface area contributed by atoms with Gasteiger partial charge in [-0.2, -0.15) is 0 Å². The fourth-order valence-electron chi connectivity index (χ4n) is 3.55. The third kappa shape index (κ3) is 3.58. The molecule has 0 amide bonds. The first-order valence-electron chi connectivity index (χ1n) is 9.05. The maximum Gasteiger partial charge on any atom is 0.337 e. The molecule has 0 saturated carbocycles. The summed E-state index contributed by atoms with van der Waals surface area (Å²) >= 11 is 1.63. The van der Waals surface area contributed by atoms with Crippen LogP contribution >= 0.6 is 11.3 Å². The molecular formula is C19H19N5O4S. The number of ether oxygens (including phenoxy) is 1. The molecule has 1 saturated heterocycles. The van der Waals surface area contributed by atoms with E-state index < -0.39 is 10.9 Å². The number of benzene rings is 1. The molecule has 9 nitrogen and oxygen atoms in total. The number of esters is 1. The molecule has 0 bridgehead atoms. The lowest BCUT2D eigenvalue weighted by Gasteiger charge is -2.36. The number of thiophene rings is 1. The molecule has 1 fully saturated rings. The van der Waals surface area contributed by atoms with E-state index in [4.69, 9.17) is 4.74 Å². The minimum atomic E-state index is -0.518. The summed E-state index contributed by atoms with van der Waals surface area (Å²) in [5.74, 6) is 0.368. The van der Waals surface area contributed by atoms with E-state index in [0.717, 1.165) is 16.0 Å². The maximum atomic E-state index is 11.9. The first-order valence-corrected chi connectivity index (χ1v) is 9.87. The first-order chi connectivity index (χ1) is 14.0. The molecule has 29 heavy (non-hydrogen) atoms. The quantitative estimate of drug-likeness (QED) is 0.365. The van der Waals surface area contributed by atoms with E-state index in [0.29, 0.717) is 37.4 Å². The van der Waals surface area contributed by atoms with Crippen molar-refractivity contribution >= 4 is 44.7 Å². The Labute approximate surface area is 170 Å². The van der Waals surface area contributed by atoms with Crippen LogP contribution in [0.3, 0.4) is 0 Å². The van der Waals surface area contributed by atoms with Crippen molar-refractivity contribution in [2.24, 2.45) is 0 Å². The van der Waals surface area contributed by atoms with E-state index in [1.807, 2.05) is 11.8 Å². The molecular weight excluding hydrogens is 394 g/mol. The van der Waals surface area contributed by atoms with Crippen LogP contribution in [-0.4, -0.2) is 54.1 Å². The Balaban J connectivity index is 1.59. The monoisotopic (exact) mass is 413 g/mol. The summed E-state index contributed by atoms with van der Waals surface area (Å²) in [5, 5.41) is 12.5. The molecule has 0 unspecified atom stereocenters. The topological polar surface area (TPSA) is 102 Å². The Bertz CT molecular complexity index is 1090. The Morgan fingerprint density at radius 2 is 1.90 bits per heavy atom. The second-order valence-electron chi connectivity index (χ2n) is 6.70. The number of aryl methyl sites for hydroxylation is 1. The number of hydrogen-bond acceptors (Lipinski definition) is 9. The number of nitro benzene ring substituents is 1. The molecule has 0 radical (unpaired) electrons. The van der Waals surface area contributed by atoms with Crippen molar-refractivity contribution in [2.45, 2.75) is 6.92 Å². The molecule has 0 aliphatic carbocycles.